The van der Waals surface area contributed by atoms with Gasteiger partial charge in [-0.3, -0.25) is 4.79 Å². The topological polar surface area (TPSA) is 85.4 Å². The van der Waals surface area contributed by atoms with Gasteiger partial charge in [0.15, 0.2) is 11.5 Å². The number of carbonyl (C=O) groups excluding carboxylic acids is 1. The highest BCUT2D eigenvalue weighted by molar-refractivity contribution is 5.92. The number of nitrogens with zero attached hydrogens (tertiary/aromatic N) is 2. The average molecular weight is 392 g/mol. The maximum Gasteiger partial charge on any atom is 0.271 e. The number of anilines is 2. The van der Waals surface area contributed by atoms with E-state index in [9.17, 15) is 4.79 Å². The first-order valence-corrected chi connectivity index (χ1v) is 9.15. The Morgan fingerprint density at radius 3 is 2.28 bits per heavy atom. The molecule has 29 heavy (non-hydrogen) atoms. The summed E-state index contributed by atoms with van der Waals surface area (Å²) < 4.78 is 10.5. The van der Waals surface area contributed by atoms with Crippen molar-refractivity contribution in [3.05, 3.63) is 71.2 Å². The molecule has 3 aromatic rings. The third kappa shape index (κ3) is 5.22. The van der Waals surface area contributed by atoms with Crippen LogP contribution in [0.5, 0.6) is 11.5 Å². The molecule has 7 heteroatoms. The van der Waals surface area contributed by atoms with Crippen molar-refractivity contribution in [1.82, 2.24) is 15.3 Å². The van der Waals surface area contributed by atoms with Crippen molar-refractivity contribution >= 4 is 17.4 Å². The second-order valence-corrected chi connectivity index (χ2v) is 6.66. The van der Waals surface area contributed by atoms with Gasteiger partial charge in [-0.25, -0.2) is 9.97 Å². The van der Waals surface area contributed by atoms with E-state index >= 15 is 0 Å². The molecule has 1 amide bonds. The van der Waals surface area contributed by atoms with Crippen LogP contribution in [-0.4, -0.2) is 30.1 Å². The van der Waals surface area contributed by atoms with Crippen molar-refractivity contribution in [3.63, 3.8) is 0 Å². The van der Waals surface area contributed by atoms with E-state index in [4.69, 9.17) is 9.47 Å². The molecule has 0 bridgehead atoms. The largest absolute Gasteiger partial charge is 0.493 e. The molecule has 2 aromatic carbocycles. The van der Waals surface area contributed by atoms with Gasteiger partial charge in [0.1, 0.15) is 11.5 Å². The van der Waals surface area contributed by atoms with Gasteiger partial charge in [0, 0.05) is 12.2 Å². The van der Waals surface area contributed by atoms with E-state index in [1.165, 1.54) is 6.20 Å². The van der Waals surface area contributed by atoms with Crippen molar-refractivity contribution in [1.29, 1.82) is 0 Å². The maximum atomic E-state index is 12.4. The average Bonchev–Trinajstić information content (AvgIpc) is 2.71. The van der Waals surface area contributed by atoms with Crippen LogP contribution in [0.25, 0.3) is 0 Å². The number of aromatic nitrogens is 2. The number of amides is 1. The molecule has 1 heterocycles. The molecule has 0 saturated heterocycles. The fourth-order valence-corrected chi connectivity index (χ4v) is 2.97. The molecule has 0 fully saturated rings. The lowest BCUT2D eigenvalue weighted by Gasteiger charge is -2.10. The number of methoxy groups -OCH3 is 2. The van der Waals surface area contributed by atoms with Gasteiger partial charge in [0.2, 0.25) is 0 Å². The SMILES string of the molecule is COc1ccc(CNC(=O)c2cnc(Nc3cc(C)cc(C)c3)cn2)cc1OC. The minimum absolute atomic E-state index is 0.247. The van der Waals surface area contributed by atoms with Crippen LogP contribution < -0.4 is 20.1 Å². The zero-order chi connectivity index (χ0) is 20.8. The Morgan fingerprint density at radius 2 is 1.66 bits per heavy atom. The lowest BCUT2D eigenvalue weighted by molar-refractivity contribution is 0.0945. The summed E-state index contributed by atoms with van der Waals surface area (Å²) in [5.41, 5.74) is 4.38. The van der Waals surface area contributed by atoms with Crippen molar-refractivity contribution < 1.29 is 14.3 Å². The van der Waals surface area contributed by atoms with Gasteiger partial charge in [-0.05, 0) is 54.8 Å². The second kappa shape index (κ2) is 9.05. The third-order valence-electron chi connectivity index (χ3n) is 4.28. The highest BCUT2D eigenvalue weighted by Crippen LogP contribution is 2.27. The number of nitrogens with one attached hydrogen (secondary N) is 2. The monoisotopic (exact) mass is 392 g/mol. The van der Waals surface area contributed by atoms with Crippen molar-refractivity contribution in [2.45, 2.75) is 20.4 Å². The van der Waals surface area contributed by atoms with E-state index in [1.54, 1.807) is 26.5 Å². The molecule has 0 unspecified atom stereocenters. The lowest BCUT2D eigenvalue weighted by Crippen LogP contribution is -2.24. The molecule has 1 aromatic heterocycles. The van der Waals surface area contributed by atoms with Gasteiger partial charge in [-0.1, -0.05) is 12.1 Å². The summed E-state index contributed by atoms with van der Waals surface area (Å²) in [6.45, 7) is 4.41. The van der Waals surface area contributed by atoms with Crippen LogP contribution in [0.15, 0.2) is 48.8 Å². The predicted octanol–water partition coefficient (Wildman–Crippen LogP) is 3.78. The van der Waals surface area contributed by atoms with E-state index in [-0.39, 0.29) is 11.6 Å². The van der Waals surface area contributed by atoms with Crippen LogP contribution in [0, 0.1) is 13.8 Å². The summed E-state index contributed by atoms with van der Waals surface area (Å²) in [7, 11) is 3.15. The Balaban J connectivity index is 1.61. The quantitative estimate of drug-likeness (QED) is 0.636. The third-order valence-corrected chi connectivity index (χ3v) is 4.28. The van der Waals surface area contributed by atoms with Gasteiger partial charge in [0.05, 0.1) is 26.6 Å². The normalized spacial score (nSPS) is 10.3. The fourth-order valence-electron chi connectivity index (χ4n) is 2.97. The van der Waals surface area contributed by atoms with Crippen LogP contribution in [0.4, 0.5) is 11.5 Å². The number of hydrogen-bond acceptors (Lipinski definition) is 6. The van der Waals surface area contributed by atoms with Crippen molar-refractivity contribution in [2.24, 2.45) is 0 Å². The molecule has 2 N–H and O–H groups in total. The number of rotatable bonds is 7. The molecule has 0 aliphatic carbocycles. The Morgan fingerprint density at radius 1 is 0.931 bits per heavy atom. The molecule has 0 aliphatic rings. The minimum Gasteiger partial charge on any atom is -0.493 e. The Labute approximate surface area is 170 Å². The number of ether oxygens (including phenoxy) is 2. The molecular weight excluding hydrogens is 368 g/mol. The van der Waals surface area contributed by atoms with Crippen LogP contribution >= 0.6 is 0 Å². The second-order valence-electron chi connectivity index (χ2n) is 6.66. The molecule has 0 atom stereocenters. The molecule has 7 nitrogen and oxygen atoms in total. The maximum absolute atomic E-state index is 12.4. The smallest absolute Gasteiger partial charge is 0.271 e. The number of benzene rings is 2. The first-order chi connectivity index (χ1) is 14.0. The summed E-state index contributed by atoms with van der Waals surface area (Å²) in [4.78, 5) is 20.9. The van der Waals surface area contributed by atoms with E-state index in [0.29, 0.717) is 23.9 Å². The van der Waals surface area contributed by atoms with Crippen LogP contribution in [0.2, 0.25) is 0 Å². The van der Waals surface area contributed by atoms with Crippen LogP contribution in [0.3, 0.4) is 0 Å². The van der Waals surface area contributed by atoms with Gasteiger partial charge in [0.25, 0.3) is 5.91 Å². The van der Waals surface area contributed by atoms with E-state index in [1.807, 2.05) is 38.1 Å². The Kier molecular flexibility index (Phi) is 6.29. The zero-order valence-electron chi connectivity index (χ0n) is 16.9. The molecule has 0 saturated carbocycles. The summed E-state index contributed by atoms with van der Waals surface area (Å²) in [5.74, 6) is 1.53. The molecule has 0 spiro atoms. The minimum atomic E-state index is -0.301. The summed E-state index contributed by atoms with van der Waals surface area (Å²) in [6.07, 6.45) is 3.00. The van der Waals surface area contributed by atoms with Crippen LogP contribution in [-0.2, 0) is 6.54 Å². The van der Waals surface area contributed by atoms with Gasteiger partial charge >= 0.3 is 0 Å². The first-order valence-electron chi connectivity index (χ1n) is 9.15. The number of aryl methyl sites for hydroxylation is 2. The summed E-state index contributed by atoms with van der Waals surface area (Å²) in [6, 6.07) is 11.6. The number of hydrogen-bond donors (Lipinski definition) is 2. The molecule has 0 aliphatic heterocycles. The standard InChI is InChI=1S/C22H24N4O3/c1-14-7-15(2)9-17(8-14)26-21-13-23-18(12-24-21)22(27)25-11-16-5-6-19(28-3)20(10-16)29-4/h5-10,12-13H,11H2,1-4H3,(H,24,26)(H,25,27). The van der Waals surface area contributed by atoms with E-state index in [2.05, 4.69) is 26.7 Å². The molecule has 0 radical (unpaired) electrons. The molecule has 3 rings (SSSR count). The molecular formula is C22H24N4O3. The Hall–Kier alpha value is -3.61. The Bertz CT molecular complexity index is 983. The summed E-state index contributed by atoms with van der Waals surface area (Å²) >= 11 is 0. The lowest BCUT2D eigenvalue weighted by atomic mass is 10.1. The summed E-state index contributed by atoms with van der Waals surface area (Å²) in [5, 5.41) is 6.03. The van der Waals surface area contributed by atoms with Crippen molar-refractivity contribution in [2.75, 3.05) is 19.5 Å². The highest BCUT2D eigenvalue weighted by Gasteiger charge is 2.10. The molecule has 150 valence electrons. The van der Waals surface area contributed by atoms with Crippen LogP contribution in [0.1, 0.15) is 27.2 Å². The van der Waals surface area contributed by atoms with Gasteiger partial charge in [-0.15, -0.1) is 0 Å². The van der Waals surface area contributed by atoms with Gasteiger partial charge < -0.3 is 20.1 Å². The van der Waals surface area contributed by atoms with E-state index < -0.39 is 0 Å². The fraction of sp³-hybridized carbons (Fsp3) is 0.227. The van der Waals surface area contributed by atoms with Gasteiger partial charge in [-0.2, -0.15) is 0 Å². The first kappa shape index (κ1) is 20.1. The van der Waals surface area contributed by atoms with Crippen molar-refractivity contribution in [3.8, 4) is 11.5 Å². The predicted molar refractivity (Wildman–Crippen MR) is 112 cm³/mol. The van der Waals surface area contributed by atoms with E-state index in [0.717, 1.165) is 22.4 Å². The zero-order valence-corrected chi connectivity index (χ0v) is 16.9. The highest BCUT2D eigenvalue weighted by atomic mass is 16.5. The number of carbonyl (C=O) groups is 1.